The lowest BCUT2D eigenvalue weighted by Crippen LogP contribution is -2.52. The fourth-order valence-electron chi connectivity index (χ4n) is 5.37. The van der Waals surface area contributed by atoms with E-state index in [0.717, 1.165) is 43.1 Å². The van der Waals surface area contributed by atoms with Crippen molar-refractivity contribution < 1.29 is 18.0 Å². The number of anilines is 1. The lowest BCUT2D eigenvalue weighted by atomic mass is 10.0. The highest BCUT2D eigenvalue weighted by molar-refractivity contribution is 7.92. The van der Waals surface area contributed by atoms with Crippen molar-refractivity contribution in [2.24, 2.45) is 0 Å². The van der Waals surface area contributed by atoms with Crippen molar-refractivity contribution in [3.63, 3.8) is 0 Å². The lowest BCUT2D eigenvalue weighted by Gasteiger charge is -2.33. The van der Waals surface area contributed by atoms with Gasteiger partial charge in [0.15, 0.2) is 0 Å². The average Bonchev–Trinajstić information content (AvgIpc) is 3.48. The summed E-state index contributed by atoms with van der Waals surface area (Å²) < 4.78 is 26.5. The summed E-state index contributed by atoms with van der Waals surface area (Å²) in [6.45, 7) is 0.225. The summed E-state index contributed by atoms with van der Waals surface area (Å²) >= 11 is 18.5. The van der Waals surface area contributed by atoms with E-state index in [-0.39, 0.29) is 43.8 Å². The Labute approximate surface area is 269 Å². The summed E-state index contributed by atoms with van der Waals surface area (Å²) in [6, 6.07) is 20.5. The summed E-state index contributed by atoms with van der Waals surface area (Å²) in [6.07, 6.45) is 5.68. The van der Waals surface area contributed by atoms with Crippen molar-refractivity contribution in [1.82, 2.24) is 10.2 Å². The fourth-order valence-corrected chi connectivity index (χ4v) is 6.78. The van der Waals surface area contributed by atoms with Gasteiger partial charge in [0.25, 0.3) is 0 Å². The molecule has 1 atom stereocenters. The molecule has 43 heavy (non-hydrogen) atoms. The van der Waals surface area contributed by atoms with Crippen molar-refractivity contribution in [3.8, 4) is 0 Å². The van der Waals surface area contributed by atoms with E-state index in [4.69, 9.17) is 34.8 Å². The zero-order chi connectivity index (χ0) is 31.0. The van der Waals surface area contributed by atoms with Crippen LogP contribution in [0, 0.1) is 0 Å². The molecular formula is C32H36Cl3N3O4S. The molecule has 2 amide bonds. The zero-order valence-corrected chi connectivity index (χ0v) is 27.1. The Hall–Kier alpha value is -2.78. The maximum absolute atomic E-state index is 14.0. The number of rotatable bonds is 13. The number of halogens is 3. The van der Waals surface area contributed by atoms with Crippen LogP contribution in [-0.4, -0.2) is 50.0 Å². The molecule has 0 aliphatic heterocycles. The molecule has 4 rings (SSSR count). The number of hydrogen-bond donors (Lipinski definition) is 1. The molecular weight excluding hydrogens is 629 g/mol. The molecule has 0 radical (unpaired) electrons. The van der Waals surface area contributed by atoms with E-state index >= 15 is 0 Å². The molecule has 1 aliphatic rings. The van der Waals surface area contributed by atoms with Crippen molar-refractivity contribution >= 4 is 62.3 Å². The van der Waals surface area contributed by atoms with Crippen LogP contribution in [0.3, 0.4) is 0 Å². The Morgan fingerprint density at radius 3 is 2.21 bits per heavy atom. The number of nitrogens with one attached hydrogen (secondary N) is 1. The largest absolute Gasteiger partial charge is 0.352 e. The minimum absolute atomic E-state index is 0.0307. The summed E-state index contributed by atoms with van der Waals surface area (Å²) in [4.78, 5) is 29.4. The average molecular weight is 665 g/mol. The zero-order valence-electron chi connectivity index (χ0n) is 24.0. The van der Waals surface area contributed by atoms with Crippen LogP contribution >= 0.6 is 34.8 Å². The number of amides is 2. The highest BCUT2D eigenvalue weighted by Gasteiger charge is 2.32. The van der Waals surface area contributed by atoms with Crippen LogP contribution in [0.15, 0.2) is 72.8 Å². The van der Waals surface area contributed by atoms with Crippen LogP contribution in [0.4, 0.5) is 5.69 Å². The number of nitrogens with zero attached hydrogens (tertiary/aromatic N) is 2. The second kappa shape index (κ2) is 15.3. The van der Waals surface area contributed by atoms with Crippen LogP contribution in [-0.2, 0) is 32.6 Å². The lowest BCUT2D eigenvalue weighted by molar-refractivity contribution is -0.141. The van der Waals surface area contributed by atoms with Crippen LogP contribution in [0.1, 0.15) is 49.7 Å². The molecule has 0 aromatic heterocycles. The SMILES string of the molecule is CS(=O)(=O)N(CCCC(=O)N(Cc1ccc(Cl)c(Cl)c1)[C@@H](Cc1ccccc1)C(=O)NC1CCCC1)c1ccc(Cl)cc1. The molecule has 1 fully saturated rings. The molecule has 1 aliphatic carbocycles. The number of sulfonamides is 1. The Kier molecular flexibility index (Phi) is 11.8. The van der Waals surface area contributed by atoms with Gasteiger partial charge in [-0.25, -0.2) is 8.42 Å². The Balaban J connectivity index is 1.60. The third-order valence-corrected chi connectivity index (χ3v) is 9.76. The van der Waals surface area contributed by atoms with Crippen LogP contribution in [0.25, 0.3) is 0 Å². The van der Waals surface area contributed by atoms with Gasteiger partial charge in [-0.2, -0.15) is 0 Å². The van der Waals surface area contributed by atoms with Crippen molar-refractivity contribution in [3.05, 3.63) is 99.0 Å². The predicted molar refractivity (Wildman–Crippen MR) is 174 cm³/mol. The monoisotopic (exact) mass is 663 g/mol. The normalized spacial score (nSPS) is 14.3. The molecule has 7 nitrogen and oxygen atoms in total. The molecule has 3 aromatic rings. The Morgan fingerprint density at radius 1 is 0.907 bits per heavy atom. The van der Waals surface area contributed by atoms with Crippen LogP contribution in [0.5, 0.6) is 0 Å². The second-order valence-corrected chi connectivity index (χ2v) is 14.0. The first kappa shape index (κ1) is 33.1. The Bertz CT molecular complexity index is 1500. The van der Waals surface area contributed by atoms with Gasteiger partial charge in [-0.15, -0.1) is 0 Å². The molecule has 0 spiro atoms. The van der Waals surface area contributed by atoms with E-state index in [2.05, 4.69) is 5.32 Å². The number of carbonyl (C=O) groups is 2. The van der Waals surface area contributed by atoms with Gasteiger partial charge in [0.2, 0.25) is 21.8 Å². The van der Waals surface area contributed by atoms with Gasteiger partial charge in [0, 0.05) is 37.0 Å². The fraction of sp³-hybridized carbons (Fsp3) is 0.375. The van der Waals surface area contributed by atoms with Gasteiger partial charge in [-0.05, 0) is 66.8 Å². The van der Waals surface area contributed by atoms with Gasteiger partial charge in [0.05, 0.1) is 22.0 Å². The molecule has 0 heterocycles. The number of benzene rings is 3. The van der Waals surface area contributed by atoms with Crippen molar-refractivity contribution in [2.75, 3.05) is 17.1 Å². The standard InChI is InChI=1S/C32H36Cl3N3O4S/c1-43(41,42)38(27-16-14-25(33)15-17-27)19-7-12-31(39)37(22-24-13-18-28(34)29(35)20-24)30(21-23-8-3-2-4-9-23)32(40)36-26-10-5-6-11-26/h2-4,8-9,13-18,20,26,30H,5-7,10-12,19,21-22H2,1H3,(H,36,40)/t30-/m0/s1. The van der Waals surface area contributed by atoms with E-state index in [0.29, 0.717) is 27.2 Å². The molecule has 0 bridgehead atoms. The van der Waals surface area contributed by atoms with Gasteiger partial charge in [-0.3, -0.25) is 13.9 Å². The molecule has 3 aromatic carbocycles. The maximum atomic E-state index is 14.0. The highest BCUT2D eigenvalue weighted by atomic mass is 35.5. The minimum atomic E-state index is -3.62. The summed E-state index contributed by atoms with van der Waals surface area (Å²) in [5.74, 6) is -0.471. The summed E-state index contributed by atoms with van der Waals surface area (Å²) in [5.41, 5.74) is 2.12. The van der Waals surface area contributed by atoms with E-state index in [1.165, 1.54) is 4.31 Å². The van der Waals surface area contributed by atoms with E-state index < -0.39 is 16.1 Å². The smallest absolute Gasteiger partial charge is 0.243 e. The third kappa shape index (κ3) is 9.60. The van der Waals surface area contributed by atoms with Gasteiger partial charge >= 0.3 is 0 Å². The molecule has 230 valence electrons. The first-order chi connectivity index (χ1) is 20.5. The molecule has 0 unspecified atom stereocenters. The second-order valence-electron chi connectivity index (χ2n) is 10.9. The minimum Gasteiger partial charge on any atom is -0.352 e. The number of carbonyl (C=O) groups excluding carboxylic acids is 2. The van der Waals surface area contributed by atoms with Crippen molar-refractivity contribution in [1.29, 1.82) is 0 Å². The molecule has 1 N–H and O–H groups in total. The molecule has 0 saturated heterocycles. The summed E-state index contributed by atoms with van der Waals surface area (Å²) in [7, 11) is -3.62. The third-order valence-electron chi connectivity index (χ3n) is 7.58. The predicted octanol–water partition coefficient (Wildman–Crippen LogP) is 6.89. The van der Waals surface area contributed by atoms with Gasteiger partial charge in [-0.1, -0.05) is 84.0 Å². The topological polar surface area (TPSA) is 86.8 Å². The first-order valence-corrected chi connectivity index (χ1v) is 17.3. The highest BCUT2D eigenvalue weighted by Crippen LogP contribution is 2.26. The number of hydrogen-bond acceptors (Lipinski definition) is 4. The van der Waals surface area contributed by atoms with E-state index in [1.54, 1.807) is 47.4 Å². The quantitative estimate of drug-likeness (QED) is 0.216. The molecule has 11 heteroatoms. The van der Waals surface area contributed by atoms with Crippen LogP contribution < -0.4 is 9.62 Å². The van der Waals surface area contributed by atoms with Crippen molar-refractivity contribution in [2.45, 2.75) is 63.6 Å². The van der Waals surface area contributed by atoms with Gasteiger partial charge in [0.1, 0.15) is 6.04 Å². The summed E-state index contributed by atoms with van der Waals surface area (Å²) in [5, 5.41) is 4.42. The maximum Gasteiger partial charge on any atom is 0.243 e. The first-order valence-electron chi connectivity index (χ1n) is 14.3. The Morgan fingerprint density at radius 2 is 1.58 bits per heavy atom. The van der Waals surface area contributed by atoms with Gasteiger partial charge < -0.3 is 10.2 Å². The van der Waals surface area contributed by atoms with Crippen LogP contribution in [0.2, 0.25) is 15.1 Å². The van der Waals surface area contributed by atoms with E-state index in [1.807, 2.05) is 30.3 Å². The van der Waals surface area contributed by atoms with E-state index in [9.17, 15) is 18.0 Å². The molecule has 1 saturated carbocycles.